The number of anilines is 1. The lowest BCUT2D eigenvalue weighted by atomic mass is 10.2. The summed E-state index contributed by atoms with van der Waals surface area (Å²) in [6.07, 6.45) is 0. The van der Waals surface area contributed by atoms with Crippen LogP contribution in [0.15, 0.2) is 53.0 Å². The third-order valence-electron chi connectivity index (χ3n) is 3.82. The average molecular weight is 426 g/mol. The highest BCUT2D eigenvalue weighted by molar-refractivity contribution is 9.10. The molecule has 6 heteroatoms. The zero-order valence-corrected chi connectivity index (χ0v) is 17.5. The number of rotatable bonds is 7. The molecular weight excluding hydrogens is 401 g/mol. The molecule has 0 aliphatic rings. The first-order valence-electron chi connectivity index (χ1n) is 8.20. The summed E-state index contributed by atoms with van der Waals surface area (Å²) in [5, 5.41) is 11.4. The van der Waals surface area contributed by atoms with E-state index in [1.54, 1.807) is 24.3 Å². The van der Waals surface area contributed by atoms with Gasteiger partial charge in [-0.15, -0.1) is 0 Å². The molecule has 136 valence electrons. The Morgan fingerprint density at radius 2 is 1.64 bits per heavy atom. The van der Waals surface area contributed by atoms with Gasteiger partial charge in [0.25, 0.3) is 7.37 Å². The molecule has 0 unspecified atom stereocenters. The summed E-state index contributed by atoms with van der Waals surface area (Å²) < 4.78 is 20.4. The van der Waals surface area contributed by atoms with Gasteiger partial charge in [-0.25, -0.2) is 0 Å². The van der Waals surface area contributed by atoms with Crippen LogP contribution in [-0.4, -0.2) is 25.8 Å². The van der Waals surface area contributed by atoms with Crippen LogP contribution < -0.4 is 10.2 Å². The van der Waals surface area contributed by atoms with Crippen LogP contribution in [0.1, 0.15) is 25.3 Å². The van der Waals surface area contributed by atoms with Gasteiger partial charge in [0.2, 0.25) is 0 Å². The van der Waals surface area contributed by atoms with Gasteiger partial charge in [0, 0.05) is 29.6 Å². The molecule has 0 saturated carbocycles. The van der Waals surface area contributed by atoms with E-state index in [1.165, 1.54) is 0 Å². The molecule has 0 aliphatic heterocycles. The lowest BCUT2D eigenvalue weighted by Gasteiger charge is -2.26. The van der Waals surface area contributed by atoms with Crippen molar-refractivity contribution in [3.05, 3.63) is 58.6 Å². The maximum atomic E-state index is 13.7. The largest absolute Gasteiger partial charge is 0.378 e. The maximum Gasteiger partial charge on any atom is 0.264 e. The number of aliphatic hydroxyl groups is 1. The summed E-state index contributed by atoms with van der Waals surface area (Å²) in [7, 11) is 0.408. The number of benzene rings is 2. The molecule has 0 amide bonds. The van der Waals surface area contributed by atoms with Crippen molar-refractivity contribution in [2.24, 2.45) is 5.92 Å². The van der Waals surface area contributed by atoms with Crippen molar-refractivity contribution >= 4 is 34.3 Å². The van der Waals surface area contributed by atoms with Crippen LogP contribution in [-0.2, 0) is 9.09 Å². The first kappa shape index (κ1) is 20.2. The predicted molar refractivity (Wildman–Crippen MR) is 108 cm³/mol. The molecule has 0 radical (unpaired) electrons. The van der Waals surface area contributed by atoms with E-state index in [4.69, 9.17) is 4.52 Å². The first-order chi connectivity index (χ1) is 11.7. The van der Waals surface area contributed by atoms with Crippen molar-refractivity contribution in [3.8, 4) is 0 Å². The van der Waals surface area contributed by atoms with Crippen LogP contribution in [0.25, 0.3) is 0 Å². The summed E-state index contributed by atoms with van der Waals surface area (Å²) in [5.41, 5.74) is 1.57. The lowest BCUT2D eigenvalue weighted by Crippen LogP contribution is -2.17. The van der Waals surface area contributed by atoms with Crippen LogP contribution in [0, 0.1) is 5.92 Å². The molecule has 0 aromatic heterocycles. The summed E-state index contributed by atoms with van der Waals surface area (Å²) in [4.78, 5) is 1.97. The van der Waals surface area contributed by atoms with E-state index in [9.17, 15) is 9.67 Å². The second kappa shape index (κ2) is 8.50. The molecule has 25 heavy (non-hydrogen) atoms. The van der Waals surface area contributed by atoms with Crippen molar-refractivity contribution in [2.45, 2.75) is 19.7 Å². The molecule has 4 nitrogen and oxygen atoms in total. The number of halogens is 1. The fourth-order valence-corrected chi connectivity index (χ4v) is 4.82. The van der Waals surface area contributed by atoms with Gasteiger partial charge in [-0.1, -0.05) is 41.9 Å². The van der Waals surface area contributed by atoms with E-state index in [-0.39, 0.29) is 5.92 Å². The summed E-state index contributed by atoms with van der Waals surface area (Å²) in [6, 6.07) is 14.5. The van der Waals surface area contributed by atoms with Gasteiger partial charge in [-0.3, -0.25) is 4.57 Å². The molecule has 0 heterocycles. The van der Waals surface area contributed by atoms with Crippen LogP contribution in [0.3, 0.4) is 0 Å². The molecule has 0 spiro atoms. The Bertz CT molecular complexity index is 729. The second-order valence-electron chi connectivity index (χ2n) is 6.62. The molecule has 0 saturated heterocycles. The fourth-order valence-electron chi connectivity index (χ4n) is 2.34. The second-order valence-corrected chi connectivity index (χ2v) is 10.00. The topological polar surface area (TPSA) is 49.8 Å². The Morgan fingerprint density at radius 3 is 2.12 bits per heavy atom. The molecule has 0 aliphatic carbocycles. The standard InChI is InChI=1S/C19H25BrNO3P/c1-14(2)13-24-25(23,18-11-9-17(10-12-18)21(3)4)19(22)15-5-7-16(20)8-6-15/h5-12,14,19,22H,13H2,1-4H3/t19-,25-/m1/s1. The molecular formula is C19H25BrNO3P. The van der Waals surface area contributed by atoms with Crippen LogP contribution >= 0.6 is 23.3 Å². The van der Waals surface area contributed by atoms with E-state index >= 15 is 0 Å². The van der Waals surface area contributed by atoms with Gasteiger partial charge < -0.3 is 14.5 Å². The fraction of sp³-hybridized carbons (Fsp3) is 0.368. The van der Waals surface area contributed by atoms with Crippen LogP contribution in [0.2, 0.25) is 0 Å². The van der Waals surface area contributed by atoms with Gasteiger partial charge in [0.05, 0.1) is 6.61 Å². The predicted octanol–water partition coefficient (Wildman–Crippen LogP) is 4.78. The van der Waals surface area contributed by atoms with E-state index in [0.717, 1.165) is 10.2 Å². The molecule has 2 aromatic carbocycles. The van der Waals surface area contributed by atoms with Crippen molar-refractivity contribution in [1.29, 1.82) is 0 Å². The Morgan fingerprint density at radius 1 is 1.08 bits per heavy atom. The minimum atomic E-state index is -3.48. The highest BCUT2D eigenvalue weighted by Crippen LogP contribution is 2.58. The monoisotopic (exact) mass is 425 g/mol. The zero-order valence-electron chi connectivity index (χ0n) is 15.0. The molecule has 1 N–H and O–H groups in total. The number of hydrogen-bond donors (Lipinski definition) is 1. The van der Waals surface area contributed by atoms with Gasteiger partial charge in [0.15, 0.2) is 5.85 Å². The Kier molecular flexibility index (Phi) is 6.86. The van der Waals surface area contributed by atoms with Crippen LogP contribution in [0.5, 0.6) is 0 Å². The highest BCUT2D eigenvalue weighted by Gasteiger charge is 2.36. The number of nitrogens with zero attached hydrogens (tertiary/aromatic N) is 1. The van der Waals surface area contributed by atoms with E-state index in [2.05, 4.69) is 15.9 Å². The Labute approximate surface area is 158 Å². The lowest BCUT2D eigenvalue weighted by molar-refractivity contribution is 0.203. The van der Waals surface area contributed by atoms with Gasteiger partial charge >= 0.3 is 0 Å². The smallest absolute Gasteiger partial charge is 0.264 e. The zero-order chi connectivity index (χ0) is 18.6. The molecule has 2 aromatic rings. The summed E-state index contributed by atoms with van der Waals surface area (Å²) in [6.45, 7) is 4.30. The van der Waals surface area contributed by atoms with Gasteiger partial charge in [0.1, 0.15) is 0 Å². The van der Waals surface area contributed by atoms with Crippen LogP contribution in [0.4, 0.5) is 5.69 Å². The van der Waals surface area contributed by atoms with E-state index in [1.807, 2.05) is 57.1 Å². The van der Waals surface area contributed by atoms with Gasteiger partial charge in [-0.05, 0) is 47.9 Å². The minimum Gasteiger partial charge on any atom is -0.378 e. The van der Waals surface area contributed by atoms with E-state index < -0.39 is 13.2 Å². The van der Waals surface area contributed by atoms with E-state index in [0.29, 0.717) is 17.5 Å². The normalized spacial score (nSPS) is 15.0. The third-order valence-corrected chi connectivity index (χ3v) is 6.84. The van der Waals surface area contributed by atoms with Crippen molar-refractivity contribution in [3.63, 3.8) is 0 Å². The summed E-state index contributed by atoms with van der Waals surface area (Å²) >= 11 is 3.37. The Balaban J connectivity index is 2.42. The highest BCUT2D eigenvalue weighted by atomic mass is 79.9. The van der Waals surface area contributed by atoms with Crippen molar-refractivity contribution in [2.75, 3.05) is 25.6 Å². The molecule has 0 fully saturated rings. The number of aliphatic hydroxyl groups excluding tert-OH is 1. The quantitative estimate of drug-likeness (QED) is 0.648. The third kappa shape index (κ3) is 4.95. The minimum absolute atomic E-state index is 0.214. The van der Waals surface area contributed by atoms with Crippen molar-refractivity contribution < 1.29 is 14.2 Å². The average Bonchev–Trinajstić information content (AvgIpc) is 2.59. The SMILES string of the molecule is CC(C)CO[P@](=O)(c1ccc(N(C)C)cc1)[C@@H](O)c1ccc(Br)cc1. The van der Waals surface area contributed by atoms with Gasteiger partial charge in [-0.2, -0.15) is 0 Å². The van der Waals surface area contributed by atoms with Crippen molar-refractivity contribution in [1.82, 2.24) is 0 Å². The Hall–Kier alpha value is -1.13. The molecule has 0 bridgehead atoms. The summed E-state index contributed by atoms with van der Waals surface area (Å²) in [5.74, 6) is -0.990. The first-order valence-corrected chi connectivity index (χ1v) is 10.7. The molecule has 2 rings (SSSR count). The molecule has 2 atom stereocenters. The number of hydrogen-bond acceptors (Lipinski definition) is 4. The maximum absolute atomic E-state index is 13.7.